The molecule has 0 saturated carbocycles. The van der Waals surface area contributed by atoms with Crippen molar-refractivity contribution in [2.24, 2.45) is 16.5 Å². The molecule has 14 heavy (non-hydrogen) atoms. The lowest BCUT2D eigenvalue weighted by molar-refractivity contribution is 0.428. The first-order valence-corrected chi connectivity index (χ1v) is 4.63. The molecule has 1 saturated heterocycles. The monoisotopic (exact) mass is 219 g/mol. The van der Waals surface area contributed by atoms with Crippen molar-refractivity contribution < 1.29 is 0 Å². The molecule has 0 aromatic heterocycles. The van der Waals surface area contributed by atoms with Crippen LogP contribution < -0.4 is 11.5 Å². The van der Waals surface area contributed by atoms with Crippen LogP contribution in [0.25, 0.3) is 0 Å². The summed E-state index contributed by atoms with van der Waals surface area (Å²) in [6.45, 7) is 1.80. The maximum atomic E-state index is 7.59. The zero-order valence-corrected chi connectivity index (χ0v) is 9.02. The van der Waals surface area contributed by atoms with Crippen LogP contribution in [0.15, 0.2) is 4.99 Å². The molecule has 1 heterocycles. The van der Waals surface area contributed by atoms with Gasteiger partial charge in [-0.3, -0.25) is 5.41 Å². The van der Waals surface area contributed by atoms with E-state index in [1.54, 1.807) is 0 Å². The standard InChI is InChI=1S/C8H17N5.ClH/c9-7(10)12-8(11)13-5-3-1-2-4-6-13;/h1-6H2,(H5,9,10,11,12);1H. The summed E-state index contributed by atoms with van der Waals surface area (Å²) in [6, 6.07) is 0. The topological polar surface area (TPSA) is 91.5 Å². The molecule has 0 radical (unpaired) electrons. The number of hydrogen-bond acceptors (Lipinski definition) is 1. The van der Waals surface area contributed by atoms with Crippen molar-refractivity contribution in [3.05, 3.63) is 0 Å². The third kappa shape index (κ3) is 4.32. The molecule has 1 aliphatic heterocycles. The highest BCUT2D eigenvalue weighted by atomic mass is 35.5. The van der Waals surface area contributed by atoms with Gasteiger partial charge in [-0.2, -0.15) is 4.99 Å². The third-order valence-corrected chi connectivity index (χ3v) is 2.14. The van der Waals surface area contributed by atoms with Crippen LogP contribution in [0.1, 0.15) is 25.7 Å². The lowest BCUT2D eigenvalue weighted by Gasteiger charge is -2.19. The second-order valence-corrected chi connectivity index (χ2v) is 3.26. The highest BCUT2D eigenvalue weighted by Gasteiger charge is 2.11. The van der Waals surface area contributed by atoms with E-state index in [2.05, 4.69) is 4.99 Å². The average molecular weight is 220 g/mol. The number of aliphatic imine (C=N–C) groups is 1. The molecule has 0 atom stereocenters. The molecule has 0 bridgehead atoms. The Morgan fingerprint density at radius 1 is 1.07 bits per heavy atom. The first-order valence-electron chi connectivity index (χ1n) is 4.63. The molecule has 1 aliphatic rings. The first kappa shape index (κ1) is 13.0. The van der Waals surface area contributed by atoms with Gasteiger partial charge in [0.1, 0.15) is 0 Å². The van der Waals surface area contributed by atoms with Crippen LogP contribution in [0, 0.1) is 5.41 Å². The summed E-state index contributed by atoms with van der Waals surface area (Å²) in [5.41, 5.74) is 10.4. The molecule has 0 aromatic carbocycles. The van der Waals surface area contributed by atoms with Gasteiger partial charge in [0.05, 0.1) is 0 Å². The molecule has 5 nitrogen and oxygen atoms in total. The average Bonchev–Trinajstić information content (AvgIpc) is 2.29. The molecule has 1 rings (SSSR count). The fourth-order valence-electron chi connectivity index (χ4n) is 1.48. The van der Waals surface area contributed by atoms with Gasteiger partial charge < -0.3 is 16.4 Å². The largest absolute Gasteiger partial charge is 0.370 e. The molecule has 1 fully saturated rings. The van der Waals surface area contributed by atoms with Gasteiger partial charge in [0.25, 0.3) is 0 Å². The quantitative estimate of drug-likeness (QED) is 0.409. The van der Waals surface area contributed by atoms with Crippen LogP contribution in [0.3, 0.4) is 0 Å². The molecule has 0 aliphatic carbocycles. The van der Waals surface area contributed by atoms with Crippen molar-refractivity contribution in [2.75, 3.05) is 13.1 Å². The molecule has 0 aromatic rings. The van der Waals surface area contributed by atoms with E-state index >= 15 is 0 Å². The number of rotatable bonds is 0. The molecule has 6 heteroatoms. The van der Waals surface area contributed by atoms with E-state index in [0.29, 0.717) is 0 Å². The van der Waals surface area contributed by atoms with Gasteiger partial charge in [-0.1, -0.05) is 12.8 Å². The van der Waals surface area contributed by atoms with Gasteiger partial charge in [0.2, 0.25) is 5.96 Å². The fraction of sp³-hybridized carbons (Fsp3) is 0.750. The number of likely N-dealkylation sites (tertiary alicyclic amines) is 1. The predicted molar refractivity (Wildman–Crippen MR) is 60.8 cm³/mol. The summed E-state index contributed by atoms with van der Waals surface area (Å²) in [4.78, 5) is 5.65. The van der Waals surface area contributed by atoms with Gasteiger partial charge in [-0.05, 0) is 12.8 Å². The Labute approximate surface area is 90.5 Å². The molecule has 0 spiro atoms. The maximum Gasteiger partial charge on any atom is 0.221 e. The van der Waals surface area contributed by atoms with Crippen LogP contribution in [0.2, 0.25) is 0 Å². The Morgan fingerprint density at radius 2 is 1.57 bits per heavy atom. The van der Waals surface area contributed by atoms with Crippen LogP contribution in [0.5, 0.6) is 0 Å². The van der Waals surface area contributed by atoms with E-state index in [1.807, 2.05) is 4.90 Å². The summed E-state index contributed by atoms with van der Waals surface area (Å²) in [5.74, 6) is 0.163. The van der Waals surface area contributed by atoms with E-state index in [-0.39, 0.29) is 24.3 Å². The summed E-state index contributed by atoms with van der Waals surface area (Å²) >= 11 is 0. The van der Waals surface area contributed by atoms with E-state index in [9.17, 15) is 0 Å². The highest BCUT2D eigenvalue weighted by molar-refractivity contribution is 5.91. The zero-order chi connectivity index (χ0) is 9.68. The van der Waals surface area contributed by atoms with E-state index < -0.39 is 0 Å². The lowest BCUT2D eigenvalue weighted by Crippen LogP contribution is -2.33. The zero-order valence-electron chi connectivity index (χ0n) is 8.20. The molecule has 0 amide bonds. The normalized spacial score (nSPS) is 16.4. The number of halogens is 1. The highest BCUT2D eigenvalue weighted by Crippen LogP contribution is 2.09. The SMILES string of the molecule is Cl.N=C(N=C(N)N)N1CCCCCC1. The molecule has 5 N–H and O–H groups in total. The van der Waals surface area contributed by atoms with Crippen molar-refractivity contribution in [1.29, 1.82) is 5.41 Å². The summed E-state index contributed by atoms with van der Waals surface area (Å²) in [7, 11) is 0. The second-order valence-electron chi connectivity index (χ2n) is 3.26. The minimum Gasteiger partial charge on any atom is -0.370 e. The van der Waals surface area contributed by atoms with E-state index in [4.69, 9.17) is 16.9 Å². The number of nitrogens with one attached hydrogen (secondary N) is 1. The Hall–Kier alpha value is -0.970. The van der Waals surface area contributed by atoms with Crippen molar-refractivity contribution in [3.63, 3.8) is 0 Å². The molecular formula is C8H18ClN5. The van der Waals surface area contributed by atoms with Crippen LogP contribution >= 0.6 is 12.4 Å². The summed E-state index contributed by atoms with van der Waals surface area (Å²) < 4.78 is 0. The maximum absolute atomic E-state index is 7.59. The van der Waals surface area contributed by atoms with E-state index in [1.165, 1.54) is 12.8 Å². The van der Waals surface area contributed by atoms with E-state index in [0.717, 1.165) is 25.9 Å². The smallest absolute Gasteiger partial charge is 0.221 e. The lowest BCUT2D eigenvalue weighted by atomic mass is 10.2. The van der Waals surface area contributed by atoms with Gasteiger partial charge in [0, 0.05) is 13.1 Å². The van der Waals surface area contributed by atoms with Gasteiger partial charge in [-0.25, -0.2) is 0 Å². The van der Waals surface area contributed by atoms with Crippen molar-refractivity contribution in [2.45, 2.75) is 25.7 Å². The van der Waals surface area contributed by atoms with Crippen LogP contribution in [-0.2, 0) is 0 Å². The van der Waals surface area contributed by atoms with Gasteiger partial charge in [-0.15, -0.1) is 12.4 Å². The fourth-order valence-corrected chi connectivity index (χ4v) is 1.48. The Morgan fingerprint density at radius 3 is 2.00 bits per heavy atom. The number of hydrogen-bond donors (Lipinski definition) is 3. The summed E-state index contributed by atoms with van der Waals surface area (Å²) in [5, 5.41) is 7.59. The second kappa shape index (κ2) is 6.48. The van der Waals surface area contributed by atoms with Crippen molar-refractivity contribution in [1.82, 2.24) is 4.90 Å². The Kier molecular flexibility index (Phi) is 6.03. The van der Waals surface area contributed by atoms with Crippen LogP contribution in [0.4, 0.5) is 0 Å². The van der Waals surface area contributed by atoms with Gasteiger partial charge >= 0.3 is 0 Å². The number of nitrogens with two attached hydrogens (primary N) is 2. The van der Waals surface area contributed by atoms with Gasteiger partial charge in [0.15, 0.2) is 5.96 Å². The molecule has 82 valence electrons. The Balaban J connectivity index is 0.00000169. The summed E-state index contributed by atoms with van der Waals surface area (Å²) in [6.07, 6.45) is 4.74. The Bertz CT molecular complexity index is 204. The van der Waals surface area contributed by atoms with Crippen molar-refractivity contribution >= 4 is 24.3 Å². The number of nitrogens with zero attached hydrogens (tertiary/aromatic N) is 2. The first-order chi connectivity index (χ1) is 6.20. The number of guanidine groups is 2. The molecule has 0 unspecified atom stereocenters. The minimum absolute atomic E-state index is 0. The van der Waals surface area contributed by atoms with Crippen LogP contribution in [-0.4, -0.2) is 29.9 Å². The molecular weight excluding hydrogens is 202 g/mol. The predicted octanol–water partition coefficient (Wildman–Crippen LogP) is 0.492. The van der Waals surface area contributed by atoms with Crippen molar-refractivity contribution in [3.8, 4) is 0 Å². The minimum atomic E-state index is -0.0331. The third-order valence-electron chi connectivity index (χ3n) is 2.14.